The second-order valence-electron chi connectivity index (χ2n) is 5.01. The molecule has 1 heterocycles. The fourth-order valence-corrected chi connectivity index (χ4v) is 2.82. The van der Waals surface area contributed by atoms with Gasteiger partial charge in [0.2, 0.25) is 0 Å². The molecule has 0 unspecified atom stereocenters. The SMILES string of the molecule is COc1cccc(OC)c1C(=O)N1CCC(C(N)=S)CC1. The number of rotatable bonds is 4. The van der Waals surface area contributed by atoms with Crippen molar-refractivity contribution in [3.8, 4) is 11.5 Å². The minimum Gasteiger partial charge on any atom is -0.496 e. The van der Waals surface area contributed by atoms with Crippen LogP contribution in [-0.2, 0) is 0 Å². The van der Waals surface area contributed by atoms with E-state index < -0.39 is 0 Å². The van der Waals surface area contributed by atoms with E-state index in [1.165, 1.54) is 0 Å². The van der Waals surface area contributed by atoms with Crippen molar-refractivity contribution in [2.45, 2.75) is 12.8 Å². The third kappa shape index (κ3) is 3.26. The summed E-state index contributed by atoms with van der Waals surface area (Å²) in [5.74, 6) is 1.20. The van der Waals surface area contributed by atoms with Crippen LogP contribution in [0.5, 0.6) is 11.5 Å². The fourth-order valence-electron chi connectivity index (χ4n) is 2.59. The smallest absolute Gasteiger partial charge is 0.261 e. The molecule has 0 bridgehead atoms. The Hall–Kier alpha value is -1.82. The van der Waals surface area contributed by atoms with Crippen molar-refractivity contribution in [3.05, 3.63) is 23.8 Å². The van der Waals surface area contributed by atoms with Crippen molar-refractivity contribution < 1.29 is 14.3 Å². The summed E-state index contributed by atoms with van der Waals surface area (Å²) in [7, 11) is 3.09. The average Bonchev–Trinajstić information content (AvgIpc) is 2.53. The lowest BCUT2D eigenvalue weighted by atomic mass is 9.96. The number of thiocarbonyl (C=S) groups is 1. The molecule has 0 spiro atoms. The minimum absolute atomic E-state index is 0.0781. The Labute approximate surface area is 130 Å². The number of likely N-dealkylation sites (tertiary alicyclic amines) is 1. The highest BCUT2D eigenvalue weighted by molar-refractivity contribution is 7.80. The zero-order chi connectivity index (χ0) is 15.4. The molecule has 1 saturated heterocycles. The van der Waals surface area contributed by atoms with Gasteiger partial charge >= 0.3 is 0 Å². The number of methoxy groups -OCH3 is 2. The van der Waals surface area contributed by atoms with Crippen LogP contribution in [0.4, 0.5) is 0 Å². The van der Waals surface area contributed by atoms with Gasteiger partial charge in [-0.25, -0.2) is 0 Å². The molecule has 0 radical (unpaired) electrons. The summed E-state index contributed by atoms with van der Waals surface area (Å²) in [6.07, 6.45) is 1.61. The molecule has 0 aliphatic carbocycles. The first-order valence-corrected chi connectivity index (χ1v) is 7.29. The van der Waals surface area contributed by atoms with E-state index in [0.29, 0.717) is 35.1 Å². The zero-order valence-corrected chi connectivity index (χ0v) is 13.1. The van der Waals surface area contributed by atoms with E-state index in [0.717, 1.165) is 12.8 Å². The number of amides is 1. The molecule has 0 atom stereocenters. The Morgan fingerprint density at radius 3 is 2.19 bits per heavy atom. The predicted molar refractivity (Wildman–Crippen MR) is 85.0 cm³/mol. The van der Waals surface area contributed by atoms with E-state index in [4.69, 9.17) is 27.4 Å². The molecule has 0 saturated carbocycles. The second-order valence-corrected chi connectivity index (χ2v) is 5.48. The van der Waals surface area contributed by atoms with Crippen LogP contribution in [0.15, 0.2) is 18.2 Å². The lowest BCUT2D eigenvalue weighted by Crippen LogP contribution is -2.41. The first-order chi connectivity index (χ1) is 10.1. The Balaban J connectivity index is 2.19. The zero-order valence-electron chi connectivity index (χ0n) is 12.3. The summed E-state index contributed by atoms with van der Waals surface area (Å²) in [6, 6.07) is 5.32. The van der Waals surface area contributed by atoms with Crippen molar-refractivity contribution >= 4 is 23.1 Å². The number of nitrogens with zero attached hydrogens (tertiary/aromatic N) is 1. The van der Waals surface area contributed by atoms with Crippen molar-refractivity contribution in [3.63, 3.8) is 0 Å². The van der Waals surface area contributed by atoms with Gasteiger partial charge in [-0.2, -0.15) is 0 Å². The quantitative estimate of drug-likeness (QED) is 0.860. The number of hydrogen-bond donors (Lipinski definition) is 1. The van der Waals surface area contributed by atoms with E-state index in [9.17, 15) is 4.79 Å². The van der Waals surface area contributed by atoms with Crippen LogP contribution in [0, 0.1) is 5.92 Å². The van der Waals surface area contributed by atoms with Crippen LogP contribution >= 0.6 is 12.2 Å². The standard InChI is InChI=1S/C15H20N2O3S/c1-19-11-4-3-5-12(20-2)13(11)15(18)17-8-6-10(7-9-17)14(16)21/h3-5,10H,6-9H2,1-2H3,(H2,16,21). The van der Waals surface area contributed by atoms with E-state index >= 15 is 0 Å². The number of piperidine rings is 1. The van der Waals surface area contributed by atoms with Gasteiger partial charge in [-0.15, -0.1) is 0 Å². The van der Waals surface area contributed by atoms with Gasteiger partial charge in [-0.05, 0) is 25.0 Å². The van der Waals surface area contributed by atoms with Crippen LogP contribution in [0.25, 0.3) is 0 Å². The van der Waals surface area contributed by atoms with Crippen LogP contribution in [-0.4, -0.2) is 43.1 Å². The molecule has 1 aliphatic rings. The largest absolute Gasteiger partial charge is 0.496 e. The third-order valence-corrected chi connectivity index (χ3v) is 4.16. The van der Waals surface area contributed by atoms with Gasteiger partial charge in [-0.1, -0.05) is 18.3 Å². The summed E-state index contributed by atoms with van der Waals surface area (Å²) in [5.41, 5.74) is 6.15. The van der Waals surface area contributed by atoms with Crippen molar-refractivity contribution in [1.29, 1.82) is 0 Å². The Bertz CT molecular complexity index is 517. The molecular formula is C15H20N2O3S. The molecule has 1 amide bonds. The Morgan fingerprint density at radius 2 is 1.76 bits per heavy atom. The third-order valence-electron chi connectivity index (χ3n) is 3.83. The fraction of sp³-hybridized carbons (Fsp3) is 0.467. The van der Waals surface area contributed by atoms with E-state index in [1.54, 1.807) is 37.3 Å². The van der Waals surface area contributed by atoms with E-state index in [2.05, 4.69) is 0 Å². The summed E-state index contributed by atoms with van der Waals surface area (Å²) < 4.78 is 10.6. The maximum absolute atomic E-state index is 12.7. The van der Waals surface area contributed by atoms with Gasteiger partial charge in [0.15, 0.2) is 0 Å². The number of nitrogens with two attached hydrogens (primary N) is 1. The molecule has 5 nitrogen and oxygen atoms in total. The Morgan fingerprint density at radius 1 is 1.24 bits per heavy atom. The minimum atomic E-state index is -0.0781. The summed E-state index contributed by atoms with van der Waals surface area (Å²) in [4.78, 5) is 15.1. The van der Waals surface area contributed by atoms with Crippen LogP contribution in [0.3, 0.4) is 0 Å². The van der Waals surface area contributed by atoms with Crippen molar-refractivity contribution in [2.75, 3.05) is 27.3 Å². The predicted octanol–water partition coefficient (Wildman–Crippen LogP) is 1.84. The van der Waals surface area contributed by atoms with Gasteiger partial charge < -0.3 is 20.1 Å². The first kappa shape index (κ1) is 15.6. The second kappa shape index (κ2) is 6.76. The number of carbonyl (C=O) groups is 1. The maximum Gasteiger partial charge on any atom is 0.261 e. The normalized spacial score (nSPS) is 15.6. The monoisotopic (exact) mass is 308 g/mol. The lowest BCUT2D eigenvalue weighted by molar-refractivity contribution is 0.0703. The molecule has 2 rings (SSSR count). The molecule has 114 valence electrons. The van der Waals surface area contributed by atoms with Gasteiger partial charge in [0, 0.05) is 19.0 Å². The van der Waals surface area contributed by atoms with Gasteiger partial charge in [0.25, 0.3) is 5.91 Å². The number of benzene rings is 1. The molecule has 21 heavy (non-hydrogen) atoms. The van der Waals surface area contributed by atoms with Crippen LogP contribution < -0.4 is 15.2 Å². The van der Waals surface area contributed by atoms with Crippen LogP contribution in [0.2, 0.25) is 0 Å². The highest BCUT2D eigenvalue weighted by atomic mass is 32.1. The van der Waals surface area contributed by atoms with Crippen molar-refractivity contribution in [2.24, 2.45) is 11.7 Å². The number of ether oxygens (including phenoxy) is 2. The van der Waals surface area contributed by atoms with E-state index in [1.807, 2.05) is 0 Å². The molecule has 2 N–H and O–H groups in total. The number of carbonyl (C=O) groups excluding carboxylic acids is 1. The number of hydrogen-bond acceptors (Lipinski definition) is 4. The summed E-state index contributed by atoms with van der Waals surface area (Å²) in [6.45, 7) is 1.28. The lowest BCUT2D eigenvalue weighted by Gasteiger charge is -2.32. The topological polar surface area (TPSA) is 64.8 Å². The highest BCUT2D eigenvalue weighted by Gasteiger charge is 2.28. The molecule has 1 aromatic rings. The van der Waals surface area contributed by atoms with Crippen LogP contribution in [0.1, 0.15) is 23.2 Å². The Kier molecular flexibility index (Phi) is 5.01. The molecule has 1 aliphatic heterocycles. The molecular weight excluding hydrogens is 288 g/mol. The first-order valence-electron chi connectivity index (χ1n) is 6.88. The average molecular weight is 308 g/mol. The van der Waals surface area contributed by atoms with E-state index in [-0.39, 0.29) is 11.8 Å². The van der Waals surface area contributed by atoms with Crippen molar-refractivity contribution in [1.82, 2.24) is 4.90 Å². The highest BCUT2D eigenvalue weighted by Crippen LogP contribution is 2.31. The molecule has 1 aromatic carbocycles. The van der Waals surface area contributed by atoms with Gasteiger partial charge in [0.05, 0.1) is 19.2 Å². The molecule has 1 fully saturated rings. The molecule has 0 aromatic heterocycles. The summed E-state index contributed by atoms with van der Waals surface area (Å²) in [5, 5.41) is 0. The van der Waals surface area contributed by atoms with Gasteiger partial charge in [0.1, 0.15) is 17.1 Å². The maximum atomic E-state index is 12.7. The summed E-state index contributed by atoms with van der Waals surface area (Å²) >= 11 is 5.03. The van der Waals surface area contributed by atoms with Gasteiger partial charge in [-0.3, -0.25) is 4.79 Å². The molecule has 6 heteroatoms.